The van der Waals surface area contributed by atoms with Crippen molar-refractivity contribution in [2.45, 2.75) is 17.7 Å². The van der Waals surface area contributed by atoms with Gasteiger partial charge < -0.3 is 9.84 Å². The standard InChI is InChI=1S/C28H23Cl2NO6S/c1-37-27-11-3-2-6-18(27)12-13-26(32)24-9-4-8-23-22(24)7-5-10-25(23)31(17-28(33)34)38(35,36)21-15-19(29)14-20(30)16-21/h2-11,14-16H,12-13,17H2,1H3,(H,33,34). The molecule has 0 saturated heterocycles. The summed E-state index contributed by atoms with van der Waals surface area (Å²) in [7, 11) is -2.82. The van der Waals surface area contributed by atoms with Gasteiger partial charge >= 0.3 is 5.97 Å². The number of aryl methyl sites for hydroxylation is 1. The quantitative estimate of drug-likeness (QED) is 0.226. The number of rotatable bonds is 10. The molecule has 38 heavy (non-hydrogen) atoms. The second-order valence-electron chi connectivity index (χ2n) is 8.42. The van der Waals surface area contributed by atoms with E-state index in [0.717, 1.165) is 9.87 Å². The number of Topliss-reactive ketones (excluding diaryl/α,β-unsaturated/α-hetero) is 1. The van der Waals surface area contributed by atoms with Crippen molar-refractivity contribution in [3.05, 3.63) is 100 Å². The second-order valence-corrected chi connectivity index (χ2v) is 11.2. The van der Waals surface area contributed by atoms with Gasteiger partial charge in [-0.05, 0) is 47.7 Å². The molecule has 0 saturated carbocycles. The molecular formula is C28H23Cl2NO6S. The zero-order chi connectivity index (χ0) is 27.4. The van der Waals surface area contributed by atoms with Crippen LogP contribution < -0.4 is 9.04 Å². The third-order valence-electron chi connectivity index (χ3n) is 5.99. The summed E-state index contributed by atoms with van der Waals surface area (Å²) < 4.78 is 33.4. The first kappa shape index (κ1) is 27.4. The third-order valence-corrected chi connectivity index (χ3v) is 8.16. The van der Waals surface area contributed by atoms with Crippen LogP contribution in [0.3, 0.4) is 0 Å². The largest absolute Gasteiger partial charge is 0.496 e. The number of para-hydroxylation sites is 1. The molecule has 196 valence electrons. The Balaban J connectivity index is 1.77. The molecule has 10 heteroatoms. The predicted molar refractivity (Wildman–Crippen MR) is 148 cm³/mol. The molecule has 4 aromatic carbocycles. The van der Waals surface area contributed by atoms with Gasteiger partial charge in [0.1, 0.15) is 12.3 Å². The molecule has 4 aromatic rings. The summed E-state index contributed by atoms with van der Waals surface area (Å²) in [5.41, 5.74) is 1.40. The molecule has 0 unspecified atom stereocenters. The van der Waals surface area contributed by atoms with Gasteiger partial charge in [-0.1, -0.05) is 71.7 Å². The molecule has 1 N–H and O–H groups in total. The fourth-order valence-corrected chi connectivity index (χ4v) is 6.43. The van der Waals surface area contributed by atoms with E-state index in [1.165, 1.54) is 24.3 Å². The number of aliphatic carboxylic acids is 1. The minimum atomic E-state index is -4.39. The lowest BCUT2D eigenvalue weighted by atomic mass is 9.96. The molecule has 0 aliphatic carbocycles. The minimum Gasteiger partial charge on any atom is -0.496 e. The third kappa shape index (κ3) is 5.78. The predicted octanol–water partition coefficient (Wildman–Crippen LogP) is 6.25. The molecule has 4 rings (SSSR count). The van der Waals surface area contributed by atoms with Crippen LogP contribution in [-0.4, -0.2) is 38.9 Å². The van der Waals surface area contributed by atoms with Crippen LogP contribution in [0.15, 0.2) is 83.8 Å². The van der Waals surface area contributed by atoms with Crippen LogP contribution in [0.5, 0.6) is 5.75 Å². The Bertz CT molecular complexity index is 1620. The maximum Gasteiger partial charge on any atom is 0.324 e. The molecule has 0 aromatic heterocycles. The average molecular weight is 572 g/mol. The van der Waals surface area contributed by atoms with E-state index in [-0.39, 0.29) is 32.8 Å². The number of carbonyl (C=O) groups excluding carboxylic acids is 1. The fourth-order valence-electron chi connectivity index (χ4n) is 4.27. The number of anilines is 1. The molecule has 0 aliphatic heterocycles. The van der Waals surface area contributed by atoms with Gasteiger partial charge in [-0.2, -0.15) is 0 Å². The van der Waals surface area contributed by atoms with Gasteiger partial charge in [0.05, 0.1) is 17.7 Å². The normalized spacial score (nSPS) is 11.3. The number of carboxylic acid groups (broad SMARTS) is 1. The molecular weight excluding hydrogens is 549 g/mol. The number of carboxylic acids is 1. The minimum absolute atomic E-state index is 0.0900. The molecule has 0 atom stereocenters. The summed E-state index contributed by atoms with van der Waals surface area (Å²) in [5, 5.41) is 10.7. The highest BCUT2D eigenvalue weighted by Crippen LogP contribution is 2.34. The number of halogens is 2. The second kappa shape index (κ2) is 11.4. The van der Waals surface area contributed by atoms with E-state index >= 15 is 0 Å². The highest BCUT2D eigenvalue weighted by Gasteiger charge is 2.29. The Morgan fingerprint density at radius 3 is 2.24 bits per heavy atom. The first-order valence-electron chi connectivity index (χ1n) is 11.5. The Morgan fingerprint density at radius 1 is 0.895 bits per heavy atom. The van der Waals surface area contributed by atoms with Crippen molar-refractivity contribution in [3.63, 3.8) is 0 Å². The summed E-state index contributed by atoms with van der Waals surface area (Å²) in [6, 6.07) is 21.0. The highest BCUT2D eigenvalue weighted by molar-refractivity contribution is 7.92. The lowest BCUT2D eigenvalue weighted by Gasteiger charge is -2.25. The zero-order valence-corrected chi connectivity index (χ0v) is 22.6. The van der Waals surface area contributed by atoms with E-state index in [0.29, 0.717) is 28.5 Å². The van der Waals surface area contributed by atoms with E-state index in [2.05, 4.69) is 0 Å². The maximum absolute atomic E-state index is 13.6. The Kier molecular flexibility index (Phi) is 8.26. The van der Waals surface area contributed by atoms with Gasteiger partial charge in [-0.15, -0.1) is 0 Å². The molecule has 0 heterocycles. The lowest BCUT2D eigenvalue weighted by molar-refractivity contribution is -0.135. The van der Waals surface area contributed by atoms with Gasteiger partial charge in [-0.3, -0.25) is 13.9 Å². The molecule has 0 bridgehead atoms. The zero-order valence-electron chi connectivity index (χ0n) is 20.2. The van der Waals surface area contributed by atoms with Crippen molar-refractivity contribution in [3.8, 4) is 5.75 Å². The van der Waals surface area contributed by atoms with Crippen molar-refractivity contribution in [1.82, 2.24) is 0 Å². The number of carbonyl (C=O) groups is 2. The van der Waals surface area contributed by atoms with Crippen LogP contribution in [0.1, 0.15) is 22.3 Å². The summed E-state index contributed by atoms with van der Waals surface area (Å²) in [6.07, 6.45) is 0.649. The van der Waals surface area contributed by atoms with Gasteiger partial charge in [0.25, 0.3) is 10.0 Å². The smallest absolute Gasteiger partial charge is 0.324 e. The number of hydrogen-bond acceptors (Lipinski definition) is 5. The van der Waals surface area contributed by atoms with Crippen molar-refractivity contribution in [2.75, 3.05) is 18.0 Å². The van der Waals surface area contributed by atoms with E-state index in [1.807, 2.05) is 24.3 Å². The summed E-state index contributed by atoms with van der Waals surface area (Å²) in [4.78, 5) is 24.8. The van der Waals surface area contributed by atoms with Crippen LogP contribution in [0.25, 0.3) is 10.8 Å². The van der Waals surface area contributed by atoms with Gasteiger partial charge in [0.2, 0.25) is 0 Å². The van der Waals surface area contributed by atoms with E-state index in [4.69, 9.17) is 27.9 Å². The van der Waals surface area contributed by atoms with Crippen molar-refractivity contribution >= 4 is 61.4 Å². The summed E-state index contributed by atoms with van der Waals surface area (Å²) >= 11 is 12.1. The van der Waals surface area contributed by atoms with E-state index in [1.54, 1.807) is 37.4 Å². The topological polar surface area (TPSA) is 101 Å². The Morgan fingerprint density at radius 2 is 1.55 bits per heavy atom. The van der Waals surface area contributed by atoms with Gasteiger partial charge in [0, 0.05) is 27.4 Å². The van der Waals surface area contributed by atoms with Crippen molar-refractivity contribution < 1.29 is 27.9 Å². The van der Waals surface area contributed by atoms with E-state index in [9.17, 15) is 23.1 Å². The number of nitrogens with zero attached hydrogens (tertiary/aromatic N) is 1. The van der Waals surface area contributed by atoms with Crippen LogP contribution in [0.2, 0.25) is 10.0 Å². The number of ketones is 1. The average Bonchev–Trinajstić information content (AvgIpc) is 2.89. The molecule has 0 fully saturated rings. The number of hydrogen-bond donors (Lipinski definition) is 1. The van der Waals surface area contributed by atoms with Crippen LogP contribution in [0, 0.1) is 0 Å². The lowest BCUT2D eigenvalue weighted by Crippen LogP contribution is -2.36. The van der Waals surface area contributed by atoms with Gasteiger partial charge in [-0.25, -0.2) is 8.42 Å². The number of benzene rings is 4. The SMILES string of the molecule is COc1ccccc1CCC(=O)c1cccc2c(N(CC(=O)O)S(=O)(=O)c3cc(Cl)cc(Cl)c3)cccc12. The van der Waals surface area contributed by atoms with Crippen molar-refractivity contribution in [1.29, 1.82) is 0 Å². The van der Waals surface area contributed by atoms with Crippen LogP contribution in [-0.2, 0) is 21.2 Å². The number of fused-ring (bicyclic) bond motifs is 1. The van der Waals surface area contributed by atoms with Crippen LogP contribution >= 0.6 is 23.2 Å². The molecule has 7 nitrogen and oxygen atoms in total. The van der Waals surface area contributed by atoms with Gasteiger partial charge in [0.15, 0.2) is 5.78 Å². The number of methoxy groups -OCH3 is 1. The Labute approximate surface area is 230 Å². The summed E-state index contributed by atoms with van der Waals surface area (Å²) in [6.45, 7) is -0.850. The van der Waals surface area contributed by atoms with Crippen molar-refractivity contribution in [2.24, 2.45) is 0 Å². The fraction of sp³-hybridized carbons (Fsp3) is 0.143. The number of ether oxygens (including phenoxy) is 1. The van der Waals surface area contributed by atoms with Crippen LogP contribution in [0.4, 0.5) is 5.69 Å². The Hall–Kier alpha value is -3.59. The monoisotopic (exact) mass is 571 g/mol. The highest BCUT2D eigenvalue weighted by atomic mass is 35.5. The summed E-state index contributed by atoms with van der Waals surface area (Å²) in [5.74, 6) is -0.813. The van der Waals surface area contributed by atoms with E-state index < -0.39 is 22.5 Å². The first-order valence-corrected chi connectivity index (χ1v) is 13.7. The molecule has 0 spiro atoms. The molecule has 0 radical (unpaired) electrons. The molecule has 0 aliphatic rings. The maximum atomic E-state index is 13.6. The number of sulfonamides is 1. The first-order chi connectivity index (χ1) is 18.1. The molecule has 0 amide bonds.